The summed E-state index contributed by atoms with van der Waals surface area (Å²) < 4.78 is 2.41. The van der Waals surface area contributed by atoms with Crippen LogP contribution < -0.4 is 5.32 Å². The van der Waals surface area contributed by atoms with E-state index in [4.69, 9.17) is 11.6 Å². The van der Waals surface area contributed by atoms with Gasteiger partial charge in [0, 0.05) is 41.3 Å². The quantitative estimate of drug-likeness (QED) is 0.936. The van der Waals surface area contributed by atoms with Crippen molar-refractivity contribution in [3.05, 3.63) is 53.1 Å². The van der Waals surface area contributed by atoms with E-state index in [0.717, 1.165) is 24.5 Å². The van der Waals surface area contributed by atoms with E-state index in [2.05, 4.69) is 39.3 Å². The molecule has 0 radical (unpaired) electrons. The molecule has 2 fully saturated rings. The van der Waals surface area contributed by atoms with Crippen LogP contribution in [0.2, 0.25) is 5.02 Å². The number of nitrogens with one attached hydrogen (secondary N) is 1. The Hall–Kier alpha value is -1.32. The fraction of sp³-hybridized carbons (Fsp3) is 0.471. The Balaban J connectivity index is 1.69. The van der Waals surface area contributed by atoms with Crippen LogP contribution in [0.3, 0.4) is 0 Å². The smallest absolute Gasteiger partial charge is 0.0950 e. The first-order valence-electron chi connectivity index (χ1n) is 7.81. The summed E-state index contributed by atoms with van der Waals surface area (Å²) in [6, 6.07) is 9.02. The number of hydrogen-bond donors (Lipinski definition) is 1. The Bertz CT molecular complexity index is 632. The van der Waals surface area contributed by atoms with Gasteiger partial charge in [-0.25, -0.2) is 4.98 Å². The van der Waals surface area contributed by atoms with Gasteiger partial charge < -0.3 is 9.88 Å². The number of imidazole rings is 1. The van der Waals surface area contributed by atoms with Gasteiger partial charge in [-0.3, -0.25) is 0 Å². The maximum absolute atomic E-state index is 6.19. The first-order chi connectivity index (χ1) is 10.3. The van der Waals surface area contributed by atoms with E-state index < -0.39 is 0 Å². The normalized spacial score (nSPS) is 26.0. The largest absolute Gasteiger partial charge is 0.331 e. The second-order valence-corrected chi connectivity index (χ2v) is 6.65. The van der Waals surface area contributed by atoms with Crippen molar-refractivity contribution in [1.29, 1.82) is 0 Å². The molecule has 1 aliphatic carbocycles. The molecule has 2 aromatic rings. The molecule has 2 atom stereocenters. The van der Waals surface area contributed by atoms with Crippen LogP contribution in [0.4, 0.5) is 0 Å². The van der Waals surface area contributed by atoms with Gasteiger partial charge in [0.05, 0.1) is 6.33 Å². The van der Waals surface area contributed by atoms with E-state index in [0.29, 0.717) is 17.9 Å². The second-order valence-electron chi connectivity index (χ2n) is 6.22. The minimum absolute atomic E-state index is 0.478. The maximum Gasteiger partial charge on any atom is 0.0950 e. The van der Waals surface area contributed by atoms with Gasteiger partial charge in [0.1, 0.15) is 0 Å². The molecule has 1 saturated carbocycles. The van der Waals surface area contributed by atoms with Crippen LogP contribution in [-0.4, -0.2) is 22.6 Å². The Kier molecular flexibility index (Phi) is 3.48. The van der Waals surface area contributed by atoms with E-state index in [1.807, 2.05) is 12.4 Å². The van der Waals surface area contributed by atoms with E-state index in [-0.39, 0.29) is 0 Å². The monoisotopic (exact) mass is 301 g/mol. The lowest BCUT2D eigenvalue weighted by molar-refractivity contribution is 0.388. The van der Waals surface area contributed by atoms with Gasteiger partial charge in [0.2, 0.25) is 0 Å². The number of aromatic nitrogens is 2. The molecule has 1 saturated heterocycles. The summed E-state index contributed by atoms with van der Waals surface area (Å²) in [6.45, 7) is 2.10. The van der Waals surface area contributed by atoms with Gasteiger partial charge in [-0.2, -0.15) is 0 Å². The average molecular weight is 302 g/mol. The lowest BCUT2D eigenvalue weighted by Crippen LogP contribution is -2.34. The SMILES string of the molecule is Clc1cccc(C2CNCCC2c2cncn2C2CC2)c1. The highest BCUT2D eigenvalue weighted by Gasteiger charge is 2.33. The molecule has 21 heavy (non-hydrogen) atoms. The van der Waals surface area contributed by atoms with E-state index in [9.17, 15) is 0 Å². The Morgan fingerprint density at radius 2 is 2.10 bits per heavy atom. The standard InChI is InChI=1S/C17H20ClN3/c18-13-3-1-2-12(8-13)16-9-19-7-6-15(16)17-10-20-11-21(17)14-4-5-14/h1-3,8,10-11,14-16,19H,4-7,9H2. The zero-order valence-corrected chi connectivity index (χ0v) is 12.8. The summed E-state index contributed by atoms with van der Waals surface area (Å²) in [7, 11) is 0. The molecule has 110 valence electrons. The predicted octanol–water partition coefficient (Wildman–Crippen LogP) is 3.73. The third-order valence-corrected chi connectivity index (χ3v) is 5.01. The van der Waals surface area contributed by atoms with Gasteiger partial charge >= 0.3 is 0 Å². The summed E-state index contributed by atoms with van der Waals surface area (Å²) in [5.74, 6) is 1.01. The van der Waals surface area contributed by atoms with Gasteiger partial charge in [-0.05, 0) is 43.5 Å². The first kappa shape index (κ1) is 13.4. The van der Waals surface area contributed by atoms with Gasteiger partial charge in [0.15, 0.2) is 0 Å². The Morgan fingerprint density at radius 3 is 2.90 bits per heavy atom. The zero-order chi connectivity index (χ0) is 14.2. The fourth-order valence-corrected chi connectivity index (χ4v) is 3.76. The van der Waals surface area contributed by atoms with Crippen molar-refractivity contribution in [2.45, 2.75) is 37.1 Å². The fourth-order valence-electron chi connectivity index (χ4n) is 3.56. The molecule has 3 nitrogen and oxygen atoms in total. The molecule has 2 heterocycles. The van der Waals surface area contributed by atoms with Crippen molar-refractivity contribution < 1.29 is 0 Å². The van der Waals surface area contributed by atoms with Crippen LogP contribution in [0.5, 0.6) is 0 Å². The molecule has 1 aromatic heterocycles. The predicted molar refractivity (Wildman–Crippen MR) is 84.9 cm³/mol. The minimum atomic E-state index is 0.478. The molecule has 1 aromatic carbocycles. The summed E-state index contributed by atoms with van der Waals surface area (Å²) in [6.07, 6.45) is 7.86. The Labute approximate surface area is 130 Å². The summed E-state index contributed by atoms with van der Waals surface area (Å²) in [5, 5.41) is 4.36. The minimum Gasteiger partial charge on any atom is -0.331 e. The maximum atomic E-state index is 6.19. The number of nitrogens with zero attached hydrogens (tertiary/aromatic N) is 2. The van der Waals surface area contributed by atoms with E-state index in [1.54, 1.807) is 0 Å². The highest BCUT2D eigenvalue weighted by atomic mass is 35.5. The highest BCUT2D eigenvalue weighted by molar-refractivity contribution is 6.30. The van der Waals surface area contributed by atoms with Crippen LogP contribution >= 0.6 is 11.6 Å². The number of halogens is 1. The average Bonchev–Trinajstić information content (AvgIpc) is 3.24. The molecule has 1 N–H and O–H groups in total. The second kappa shape index (κ2) is 5.47. The summed E-state index contributed by atoms with van der Waals surface area (Å²) in [5.41, 5.74) is 2.74. The van der Waals surface area contributed by atoms with Gasteiger partial charge in [0.25, 0.3) is 0 Å². The zero-order valence-electron chi connectivity index (χ0n) is 12.0. The molecule has 2 aliphatic rings. The number of hydrogen-bond acceptors (Lipinski definition) is 2. The first-order valence-corrected chi connectivity index (χ1v) is 8.18. The van der Waals surface area contributed by atoms with Crippen molar-refractivity contribution in [3.63, 3.8) is 0 Å². The molecule has 4 rings (SSSR count). The van der Waals surface area contributed by atoms with Crippen molar-refractivity contribution in [2.24, 2.45) is 0 Å². The van der Waals surface area contributed by atoms with Crippen LogP contribution in [-0.2, 0) is 0 Å². The number of benzene rings is 1. The van der Waals surface area contributed by atoms with Crippen LogP contribution in [0.25, 0.3) is 0 Å². The van der Waals surface area contributed by atoms with Crippen molar-refractivity contribution in [1.82, 2.24) is 14.9 Å². The number of piperidine rings is 1. The molecule has 0 spiro atoms. The molecule has 1 aliphatic heterocycles. The summed E-state index contributed by atoms with van der Waals surface area (Å²) in [4.78, 5) is 4.42. The van der Waals surface area contributed by atoms with Crippen LogP contribution in [0.1, 0.15) is 48.4 Å². The molecule has 2 unspecified atom stereocenters. The van der Waals surface area contributed by atoms with Crippen LogP contribution in [0.15, 0.2) is 36.8 Å². The topological polar surface area (TPSA) is 29.9 Å². The van der Waals surface area contributed by atoms with Crippen molar-refractivity contribution in [3.8, 4) is 0 Å². The lowest BCUT2D eigenvalue weighted by atomic mass is 9.79. The molecular formula is C17H20ClN3. The van der Waals surface area contributed by atoms with Crippen molar-refractivity contribution >= 4 is 11.6 Å². The van der Waals surface area contributed by atoms with Gasteiger partial charge in [-0.1, -0.05) is 23.7 Å². The van der Waals surface area contributed by atoms with E-state index in [1.165, 1.54) is 24.1 Å². The summed E-state index contributed by atoms with van der Waals surface area (Å²) >= 11 is 6.19. The van der Waals surface area contributed by atoms with Gasteiger partial charge in [-0.15, -0.1) is 0 Å². The van der Waals surface area contributed by atoms with Crippen LogP contribution in [0, 0.1) is 0 Å². The molecule has 0 amide bonds. The van der Waals surface area contributed by atoms with Crippen molar-refractivity contribution in [2.75, 3.05) is 13.1 Å². The number of rotatable bonds is 3. The third-order valence-electron chi connectivity index (χ3n) is 4.78. The molecule has 0 bridgehead atoms. The third kappa shape index (κ3) is 2.60. The van der Waals surface area contributed by atoms with E-state index >= 15 is 0 Å². The molecular weight excluding hydrogens is 282 g/mol. The highest BCUT2D eigenvalue weighted by Crippen LogP contribution is 2.42. The Morgan fingerprint density at radius 1 is 1.19 bits per heavy atom. The molecule has 4 heteroatoms. The lowest BCUT2D eigenvalue weighted by Gasteiger charge is -2.33.